The number of furan rings is 1. The molecule has 0 aromatic carbocycles. The van der Waals surface area contributed by atoms with E-state index in [2.05, 4.69) is 48.7 Å². The Morgan fingerprint density at radius 1 is 1.38 bits per heavy atom. The summed E-state index contributed by atoms with van der Waals surface area (Å²) >= 11 is 1.72. The van der Waals surface area contributed by atoms with Crippen molar-refractivity contribution >= 4 is 17.3 Å². The van der Waals surface area contributed by atoms with Gasteiger partial charge in [0.15, 0.2) is 5.96 Å². The van der Waals surface area contributed by atoms with Crippen LogP contribution in [0.3, 0.4) is 0 Å². The van der Waals surface area contributed by atoms with E-state index in [0.717, 1.165) is 41.1 Å². The van der Waals surface area contributed by atoms with Gasteiger partial charge in [0, 0.05) is 30.8 Å². The Balaban J connectivity index is 1.82. The molecule has 1 atom stereocenters. The number of nitrogens with one attached hydrogen (secondary N) is 2. The second-order valence-electron chi connectivity index (χ2n) is 6.94. The highest BCUT2D eigenvalue weighted by molar-refractivity contribution is 7.09. The van der Waals surface area contributed by atoms with Gasteiger partial charge in [0.25, 0.3) is 0 Å². The molecule has 0 saturated heterocycles. The zero-order valence-electron chi connectivity index (χ0n) is 15.4. The third kappa shape index (κ3) is 5.09. The molecule has 2 rings (SSSR count). The summed E-state index contributed by atoms with van der Waals surface area (Å²) in [6.45, 7) is 11.4. The number of thiazole rings is 1. The van der Waals surface area contributed by atoms with E-state index in [4.69, 9.17) is 9.40 Å². The zero-order chi connectivity index (χ0) is 17.7. The molecule has 0 aliphatic carbocycles. The molecule has 0 fully saturated rings. The van der Waals surface area contributed by atoms with Crippen LogP contribution in [-0.4, -0.2) is 24.5 Å². The lowest BCUT2D eigenvalue weighted by molar-refractivity contribution is 0.441. The summed E-state index contributed by atoms with van der Waals surface area (Å²) in [6.07, 6.45) is 0.885. The molecule has 0 bridgehead atoms. The van der Waals surface area contributed by atoms with Crippen molar-refractivity contribution in [1.29, 1.82) is 0 Å². The summed E-state index contributed by atoms with van der Waals surface area (Å²) in [7, 11) is 1.77. The highest BCUT2D eigenvalue weighted by Crippen LogP contribution is 2.23. The first-order chi connectivity index (χ1) is 11.3. The molecular weight excluding hydrogens is 320 g/mol. The van der Waals surface area contributed by atoms with Crippen LogP contribution in [-0.2, 0) is 11.8 Å². The summed E-state index contributed by atoms with van der Waals surface area (Å²) in [4.78, 5) is 8.99. The molecule has 0 radical (unpaired) electrons. The average molecular weight is 349 g/mol. The van der Waals surface area contributed by atoms with Gasteiger partial charge < -0.3 is 15.1 Å². The maximum absolute atomic E-state index is 5.65. The number of aryl methyl sites for hydroxylation is 1. The Morgan fingerprint density at radius 3 is 2.67 bits per heavy atom. The van der Waals surface area contributed by atoms with E-state index in [9.17, 15) is 0 Å². The van der Waals surface area contributed by atoms with Crippen molar-refractivity contribution in [3.63, 3.8) is 0 Å². The van der Waals surface area contributed by atoms with Crippen molar-refractivity contribution < 1.29 is 4.42 Å². The first-order valence-corrected chi connectivity index (χ1v) is 9.16. The van der Waals surface area contributed by atoms with E-state index in [0.29, 0.717) is 0 Å². The third-order valence-corrected chi connectivity index (χ3v) is 4.62. The summed E-state index contributed by atoms with van der Waals surface area (Å²) in [5.74, 6) is 2.59. The fraction of sp³-hybridized carbons (Fsp3) is 0.556. The van der Waals surface area contributed by atoms with Gasteiger partial charge in [-0.25, -0.2) is 4.98 Å². The number of hydrogen-bond acceptors (Lipinski definition) is 4. The van der Waals surface area contributed by atoms with Gasteiger partial charge >= 0.3 is 0 Å². The van der Waals surface area contributed by atoms with E-state index in [1.54, 1.807) is 18.4 Å². The molecule has 2 aromatic rings. The monoisotopic (exact) mass is 348 g/mol. The van der Waals surface area contributed by atoms with Crippen LogP contribution in [0.4, 0.5) is 0 Å². The van der Waals surface area contributed by atoms with Gasteiger partial charge in [-0.1, -0.05) is 20.8 Å². The van der Waals surface area contributed by atoms with Gasteiger partial charge in [-0.3, -0.25) is 4.99 Å². The van der Waals surface area contributed by atoms with Crippen LogP contribution >= 0.6 is 11.3 Å². The lowest BCUT2D eigenvalue weighted by Gasteiger charge is -2.16. The maximum Gasteiger partial charge on any atom is 0.191 e. The van der Waals surface area contributed by atoms with Crippen molar-refractivity contribution in [3.8, 4) is 0 Å². The predicted molar refractivity (Wildman–Crippen MR) is 101 cm³/mol. The van der Waals surface area contributed by atoms with E-state index < -0.39 is 0 Å². The van der Waals surface area contributed by atoms with Crippen LogP contribution in [0.2, 0.25) is 0 Å². The van der Waals surface area contributed by atoms with Gasteiger partial charge in [0.2, 0.25) is 0 Å². The number of aromatic nitrogens is 1. The topological polar surface area (TPSA) is 62.5 Å². The minimum atomic E-state index is 0.0669. The first kappa shape index (κ1) is 18.5. The molecule has 0 amide bonds. The number of aliphatic imine (C=N–C) groups is 1. The highest BCUT2D eigenvalue weighted by atomic mass is 32.1. The van der Waals surface area contributed by atoms with Crippen molar-refractivity contribution in [2.45, 2.75) is 52.5 Å². The van der Waals surface area contributed by atoms with Crippen LogP contribution < -0.4 is 10.6 Å². The number of hydrogen-bond donors (Lipinski definition) is 2. The van der Waals surface area contributed by atoms with Gasteiger partial charge in [-0.15, -0.1) is 11.3 Å². The molecule has 2 aromatic heterocycles. The van der Waals surface area contributed by atoms with E-state index >= 15 is 0 Å². The average Bonchev–Trinajstić information content (AvgIpc) is 3.14. The number of guanidine groups is 1. The summed E-state index contributed by atoms with van der Waals surface area (Å²) in [5, 5.41) is 9.98. The van der Waals surface area contributed by atoms with Crippen LogP contribution in [0, 0.1) is 6.92 Å². The minimum absolute atomic E-state index is 0.0669. The molecule has 5 nitrogen and oxygen atoms in total. The molecule has 6 heteroatoms. The van der Waals surface area contributed by atoms with Crippen molar-refractivity contribution in [2.24, 2.45) is 4.99 Å². The summed E-state index contributed by atoms with van der Waals surface area (Å²) in [5.41, 5.74) is 1.27. The SMILES string of the molecule is CN=C(NCCc1nc(C(C)(C)C)cs1)NC(C)c1ccc(C)o1. The van der Waals surface area contributed by atoms with Crippen LogP contribution in [0.15, 0.2) is 26.9 Å². The molecule has 0 aliphatic rings. The number of rotatable bonds is 5. The molecule has 0 saturated carbocycles. The largest absolute Gasteiger partial charge is 0.464 e. The second-order valence-corrected chi connectivity index (χ2v) is 7.88. The number of nitrogens with zero attached hydrogens (tertiary/aromatic N) is 2. The Morgan fingerprint density at radius 2 is 2.12 bits per heavy atom. The maximum atomic E-state index is 5.65. The second kappa shape index (κ2) is 7.83. The Hall–Kier alpha value is -1.82. The van der Waals surface area contributed by atoms with Gasteiger partial charge in [0.05, 0.1) is 16.7 Å². The lowest BCUT2D eigenvalue weighted by Crippen LogP contribution is -2.39. The molecular formula is C18H28N4OS. The quantitative estimate of drug-likeness (QED) is 0.637. The zero-order valence-corrected chi connectivity index (χ0v) is 16.3. The van der Waals surface area contributed by atoms with Crippen molar-refractivity contribution in [3.05, 3.63) is 39.7 Å². The fourth-order valence-corrected chi connectivity index (χ4v) is 3.24. The van der Waals surface area contributed by atoms with E-state index in [1.807, 2.05) is 19.1 Å². The fourth-order valence-electron chi connectivity index (χ4n) is 2.22. The molecule has 24 heavy (non-hydrogen) atoms. The van der Waals surface area contributed by atoms with Gasteiger partial charge in [-0.05, 0) is 26.0 Å². The molecule has 132 valence electrons. The Labute approximate surface area is 148 Å². The highest BCUT2D eigenvalue weighted by Gasteiger charge is 2.17. The smallest absolute Gasteiger partial charge is 0.191 e. The normalized spacial score (nSPS) is 13.8. The Bertz CT molecular complexity index is 681. The van der Waals surface area contributed by atoms with Gasteiger partial charge in [-0.2, -0.15) is 0 Å². The standard InChI is InChI=1S/C18H28N4OS/c1-12-7-8-14(23-12)13(2)21-17(19-6)20-10-9-16-22-15(11-24-16)18(3,4)5/h7-8,11,13H,9-10H2,1-6H3,(H2,19,20,21). The van der Waals surface area contributed by atoms with Crippen LogP contribution in [0.1, 0.15) is 56.0 Å². The molecule has 2 heterocycles. The van der Waals surface area contributed by atoms with Crippen molar-refractivity contribution in [2.75, 3.05) is 13.6 Å². The summed E-state index contributed by atoms with van der Waals surface area (Å²) < 4.78 is 5.65. The van der Waals surface area contributed by atoms with E-state index in [-0.39, 0.29) is 11.5 Å². The van der Waals surface area contributed by atoms with Gasteiger partial charge in [0.1, 0.15) is 11.5 Å². The Kier molecular flexibility index (Phi) is 6.04. The lowest BCUT2D eigenvalue weighted by atomic mass is 9.93. The first-order valence-electron chi connectivity index (χ1n) is 8.28. The molecule has 1 unspecified atom stereocenters. The summed E-state index contributed by atoms with van der Waals surface area (Å²) in [6, 6.07) is 4.03. The van der Waals surface area contributed by atoms with Crippen LogP contribution in [0.5, 0.6) is 0 Å². The predicted octanol–water partition coefficient (Wildman–Crippen LogP) is 3.81. The molecule has 0 spiro atoms. The molecule has 0 aliphatic heterocycles. The minimum Gasteiger partial charge on any atom is -0.464 e. The molecule has 2 N–H and O–H groups in total. The third-order valence-electron chi connectivity index (χ3n) is 3.72. The van der Waals surface area contributed by atoms with E-state index in [1.165, 1.54) is 0 Å². The van der Waals surface area contributed by atoms with Crippen molar-refractivity contribution in [1.82, 2.24) is 15.6 Å². The van der Waals surface area contributed by atoms with Crippen LogP contribution in [0.25, 0.3) is 0 Å².